The van der Waals surface area contributed by atoms with Crippen LogP contribution in [0.2, 0.25) is 0 Å². The maximum atomic E-state index is 11.8. The molecule has 1 aliphatic rings. The standard InChI is InChI=1S/C12H19N3O/c1-9(10-5-3-2-4-6-10)14-12(16)11-7-8-13-15-11/h7-10H,2-6H2,1H3,(H,13,15)(H,14,16)/t9-/m1/s1. The lowest BCUT2D eigenvalue weighted by molar-refractivity contribution is 0.0914. The van der Waals surface area contributed by atoms with Crippen molar-refractivity contribution in [1.29, 1.82) is 0 Å². The van der Waals surface area contributed by atoms with Gasteiger partial charge in [-0.25, -0.2) is 0 Å². The van der Waals surface area contributed by atoms with Gasteiger partial charge in [0.25, 0.3) is 5.91 Å². The van der Waals surface area contributed by atoms with Crippen LogP contribution in [-0.2, 0) is 0 Å². The first-order valence-electron chi connectivity index (χ1n) is 6.07. The van der Waals surface area contributed by atoms with E-state index in [9.17, 15) is 4.79 Å². The first kappa shape index (κ1) is 11.2. The molecular formula is C12H19N3O. The van der Waals surface area contributed by atoms with E-state index in [1.807, 2.05) is 0 Å². The Morgan fingerprint density at radius 1 is 1.50 bits per heavy atom. The third-order valence-electron chi connectivity index (χ3n) is 3.46. The Bertz CT molecular complexity index is 328. The maximum Gasteiger partial charge on any atom is 0.269 e. The summed E-state index contributed by atoms with van der Waals surface area (Å²) in [6.45, 7) is 2.10. The van der Waals surface area contributed by atoms with E-state index in [0.717, 1.165) is 0 Å². The van der Waals surface area contributed by atoms with Crippen molar-refractivity contribution in [3.05, 3.63) is 18.0 Å². The van der Waals surface area contributed by atoms with Gasteiger partial charge < -0.3 is 5.32 Å². The monoisotopic (exact) mass is 221 g/mol. The van der Waals surface area contributed by atoms with E-state index in [-0.39, 0.29) is 11.9 Å². The van der Waals surface area contributed by atoms with E-state index in [1.54, 1.807) is 12.3 Å². The molecule has 0 aliphatic heterocycles. The highest BCUT2D eigenvalue weighted by atomic mass is 16.2. The number of nitrogens with one attached hydrogen (secondary N) is 2. The summed E-state index contributed by atoms with van der Waals surface area (Å²) in [5.41, 5.74) is 0.544. The van der Waals surface area contributed by atoms with Crippen molar-refractivity contribution < 1.29 is 4.79 Å². The largest absolute Gasteiger partial charge is 0.348 e. The van der Waals surface area contributed by atoms with Crippen molar-refractivity contribution in [2.45, 2.75) is 45.1 Å². The van der Waals surface area contributed by atoms with Crippen LogP contribution >= 0.6 is 0 Å². The molecule has 2 N–H and O–H groups in total. The number of carbonyl (C=O) groups is 1. The molecule has 0 unspecified atom stereocenters. The molecule has 1 saturated carbocycles. The maximum absolute atomic E-state index is 11.8. The van der Waals surface area contributed by atoms with Crippen LogP contribution in [-0.4, -0.2) is 22.1 Å². The van der Waals surface area contributed by atoms with Crippen LogP contribution in [0.1, 0.15) is 49.5 Å². The minimum absolute atomic E-state index is 0.0458. The lowest BCUT2D eigenvalue weighted by atomic mass is 9.84. The topological polar surface area (TPSA) is 57.8 Å². The fraction of sp³-hybridized carbons (Fsp3) is 0.667. The molecule has 4 heteroatoms. The fourth-order valence-electron chi connectivity index (χ4n) is 2.42. The third-order valence-corrected chi connectivity index (χ3v) is 3.46. The molecule has 0 radical (unpaired) electrons. The molecule has 0 saturated heterocycles. The van der Waals surface area contributed by atoms with Crippen LogP contribution < -0.4 is 5.32 Å². The average molecular weight is 221 g/mol. The molecule has 1 amide bonds. The van der Waals surface area contributed by atoms with Gasteiger partial charge in [0.15, 0.2) is 0 Å². The Hall–Kier alpha value is -1.32. The van der Waals surface area contributed by atoms with Crippen molar-refractivity contribution in [3.8, 4) is 0 Å². The minimum atomic E-state index is -0.0458. The SMILES string of the molecule is C[C@@H](NC(=O)c1ccn[nH]1)C1CCCCC1. The van der Waals surface area contributed by atoms with Gasteiger partial charge in [-0.2, -0.15) is 5.10 Å². The number of H-pyrrole nitrogens is 1. The van der Waals surface area contributed by atoms with Crippen molar-refractivity contribution in [2.24, 2.45) is 5.92 Å². The Labute approximate surface area is 95.8 Å². The van der Waals surface area contributed by atoms with Crippen molar-refractivity contribution in [1.82, 2.24) is 15.5 Å². The third kappa shape index (κ3) is 2.62. The number of hydrogen-bond acceptors (Lipinski definition) is 2. The molecule has 0 spiro atoms. The van der Waals surface area contributed by atoms with Gasteiger partial charge in [-0.1, -0.05) is 19.3 Å². The zero-order valence-electron chi connectivity index (χ0n) is 9.70. The van der Waals surface area contributed by atoms with Gasteiger partial charge >= 0.3 is 0 Å². The first-order chi connectivity index (χ1) is 7.77. The van der Waals surface area contributed by atoms with Crippen LogP contribution in [0.15, 0.2) is 12.3 Å². The van der Waals surface area contributed by atoms with Crippen molar-refractivity contribution in [2.75, 3.05) is 0 Å². The number of nitrogens with zero attached hydrogens (tertiary/aromatic N) is 1. The summed E-state index contributed by atoms with van der Waals surface area (Å²) in [6, 6.07) is 1.96. The van der Waals surface area contributed by atoms with E-state index in [1.165, 1.54) is 32.1 Å². The van der Waals surface area contributed by atoms with E-state index < -0.39 is 0 Å². The second-order valence-corrected chi connectivity index (χ2v) is 4.63. The summed E-state index contributed by atoms with van der Waals surface area (Å²) < 4.78 is 0. The summed E-state index contributed by atoms with van der Waals surface area (Å²) in [5.74, 6) is 0.594. The quantitative estimate of drug-likeness (QED) is 0.821. The molecule has 1 atom stereocenters. The van der Waals surface area contributed by atoms with Crippen LogP contribution in [0.3, 0.4) is 0 Å². The van der Waals surface area contributed by atoms with Gasteiger partial charge in [-0.05, 0) is 31.7 Å². The zero-order valence-corrected chi connectivity index (χ0v) is 9.70. The van der Waals surface area contributed by atoms with Crippen LogP contribution in [0.25, 0.3) is 0 Å². The Morgan fingerprint density at radius 3 is 2.88 bits per heavy atom. The van der Waals surface area contributed by atoms with Gasteiger partial charge in [0, 0.05) is 12.2 Å². The molecule has 16 heavy (non-hydrogen) atoms. The molecule has 1 heterocycles. The Morgan fingerprint density at radius 2 is 2.25 bits per heavy atom. The summed E-state index contributed by atoms with van der Waals surface area (Å²) in [4.78, 5) is 11.8. The lowest BCUT2D eigenvalue weighted by Crippen LogP contribution is -2.39. The van der Waals surface area contributed by atoms with Crippen LogP contribution in [0.4, 0.5) is 0 Å². The molecule has 88 valence electrons. The molecule has 1 aliphatic carbocycles. The van der Waals surface area contributed by atoms with Gasteiger partial charge in [0.2, 0.25) is 0 Å². The van der Waals surface area contributed by atoms with E-state index >= 15 is 0 Å². The second-order valence-electron chi connectivity index (χ2n) is 4.63. The van der Waals surface area contributed by atoms with E-state index in [4.69, 9.17) is 0 Å². The fourth-order valence-corrected chi connectivity index (χ4v) is 2.42. The summed E-state index contributed by atoms with van der Waals surface area (Å²) in [7, 11) is 0. The molecule has 1 fully saturated rings. The van der Waals surface area contributed by atoms with Gasteiger partial charge in [0.05, 0.1) is 0 Å². The van der Waals surface area contributed by atoms with Gasteiger partial charge in [-0.3, -0.25) is 9.89 Å². The lowest BCUT2D eigenvalue weighted by Gasteiger charge is -2.28. The average Bonchev–Trinajstić information content (AvgIpc) is 2.83. The summed E-state index contributed by atoms with van der Waals surface area (Å²) in [5, 5.41) is 9.50. The number of amides is 1. The van der Waals surface area contributed by atoms with Crippen molar-refractivity contribution >= 4 is 5.91 Å². The number of aromatic amines is 1. The van der Waals surface area contributed by atoms with E-state index in [2.05, 4.69) is 22.4 Å². The number of carbonyl (C=O) groups excluding carboxylic acids is 1. The number of hydrogen-bond donors (Lipinski definition) is 2. The van der Waals surface area contributed by atoms with Gasteiger partial charge in [0.1, 0.15) is 5.69 Å². The van der Waals surface area contributed by atoms with Crippen LogP contribution in [0, 0.1) is 5.92 Å². The Kier molecular flexibility index (Phi) is 3.59. The Balaban J connectivity index is 1.86. The van der Waals surface area contributed by atoms with Gasteiger partial charge in [-0.15, -0.1) is 0 Å². The van der Waals surface area contributed by atoms with Crippen molar-refractivity contribution in [3.63, 3.8) is 0 Å². The highest BCUT2D eigenvalue weighted by Gasteiger charge is 2.21. The predicted molar refractivity (Wildman–Crippen MR) is 62.1 cm³/mol. The molecule has 4 nitrogen and oxygen atoms in total. The molecule has 1 aromatic heterocycles. The normalized spacial score (nSPS) is 19.3. The minimum Gasteiger partial charge on any atom is -0.348 e. The molecular weight excluding hydrogens is 202 g/mol. The van der Waals surface area contributed by atoms with E-state index in [0.29, 0.717) is 11.6 Å². The molecule has 0 bridgehead atoms. The molecule has 1 aromatic rings. The number of rotatable bonds is 3. The summed E-state index contributed by atoms with van der Waals surface area (Å²) >= 11 is 0. The van der Waals surface area contributed by atoms with Crippen LogP contribution in [0.5, 0.6) is 0 Å². The number of aromatic nitrogens is 2. The molecule has 2 rings (SSSR count). The highest BCUT2D eigenvalue weighted by Crippen LogP contribution is 2.26. The predicted octanol–water partition coefficient (Wildman–Crippen LogP) is 2.11. The smallest absolute Gasteiger partial charge is 0.269 e. The summed E-state index contributed by atoms with van der Waals surface area (Å²) in [6.07, 6.45) is 8.02. The zero-order chi connectivity index (χ0) is 11.4. The second kappa shape index (κ2) is 5.14. The molecule has 0 aromatic carbocycles. The first-order valence-corrected chi connectivity index (χ1v) is 6.07. The highest BCUT2D eigenvalue weighted by molar-refractivity contribution is 5.92.